The van der Waals surface area contributed by atoms with E-state index >= 15 is 0 Å². The second kappa shape index (κ2) is 8.95. The Hall–Kier alpha value is -4.64. The average Bonchev–Trinajstić information content (AvgIpc) is 3.21. The molecule has 2 aromatic carbocycles. The topological polar surface area (TPSA) is 90.8 Å². The first-order chi connectivity index (χ1) is 16.9. The number of aryl methyl sites for hydroxylation is 3. The zero-order valence-electron chi connectivity index (χ0n) is 20.0. The van der Waals surface area contributed by atoms with E-state index in [4.69, 9.17) is 15.0 Å². The van der Waals surface area contributed by atoms with E-state index in [1.54, 1.807) is 18.3 Å². The van der Waals surface area contributed by atoms with Crippen LogP contribution in [0.4, 0.5) is 5.69 Å². The third-order valence-corrected chi connectivity index (χ3v) is 6.01. The molecule has 8 nitrogen and oxygen atoms in total. The van der Waals surface area contributed by atoms with Crippen LogP contribution in [-0.2, 0) is 7.05 Å². The summed E-state index contributed by atoms with van der Waals surface area (Å²) >= 11 is 0. The van der Waals surface area contributed by atoms with E-state index in [1.807, 2.05) is 74.1 Å². The van der Waals surface area contributed by atoms with E-state index in [0.717, 1.165) is 39.5 Å². The maximum atomic E-state index is 9.06. The molecule has 1 atom stereocenters. The number of guanidine groups is 1. The van der Waals surface area contributed by atoms with Gasteiger partial charge in [0.05, 0.1) is 23.0 Å². The Bertz CT molecular complexity index is 1430. The van der Waals surface area contributed by atoms with Crippen LogP contribution in [0, 0.1) is 25.2 Å². The smallest absolute Gasteiger partial charge is 0.230 e. The van der Waals surface area contributed by atoms with Crippen molar-refractivity contribution in [2.45, 2.75) is 19.9 Å². The number of hydrogen-bond donors (Lipinski definition) is 1. The largest absolute Gasteiger partial charge is 0.440 e. The highest BCUT2D eigenvalue weighted by Gasteiger charge is 2.27. The van der Waals surface area contributed by atoms with Crippen molar-refractivity contribution >= 4 is 17.5 Å². The second-order valence-corrected chi connectivity index (χ2v) is 8.60. The van der Waals surface area contributed by atoms with Crippen molar-refractivity contribution in [3.05, 3.63) is 89.4 Å². The van der Waals surface area contributed by atoms with Gasteiger partial charge in [-0.2, -0.15) is 15.4 Å². The second-order valence-electron chi connectivity index (χ2n) is 8.60. The summed E-state index contributed by atoms with van der Waals surface area (Å²) in [7, 11) is 3.92. The monoisotopic (exact) mass is 463 g/mol. The van der Waals surface area contributed by atoms with Gasteiger partial charge in [-0.3, -0.25) is 4.68 Å². The molecule has 2 aliphatic rings. The van der Waals surface area contributed by atoms with Crippen molar-refractivity contribution in [3.63, 3.8) is 0 Å². The highest BCUT2D eigenvalue weighted by Crippen LogP contribution is 2.31. The lowest BCUT2D eigenvalue weighted by Gasteiger charge is -2.27. The Balaban J connectivity index is 1.49. The molecular weight excluding hydrogens is 438 g/mol. The van der Waals surface area contributed by atoms with Gasteiger partial charge in [-0.05, 0) is 79.6 Å². The average molecular weight is 464 g/mol. The van der Waals surface area contributed by atoms with Gasteiger partial charge < -0.3 is 15.0 Å². The molecule has 1 aromatic heterocycles. The Labute approximate surface area is 204 Å². The number of ether oxygens (including phenoxy) is 1. The van der Waals surface area contributed by atoms with Crippen LogP contribution in [0.3, 0.4) is 0 Å². The fourth-order valence-electron chi connectivity index (χ4n) is 4.18. The number of nitrogens with one attached hydrogen (secondary N) is 1. The molecule has 0 saturated heterocycles. The molecule has 5 rings (SSSR count). The quantitative estimate of drug-likeness (QED) is 0.616. The van der Waals surface area contributed by atoms with Crippen LogP contribution in [0.5, 0.6) is 5.75 Å². The predicted octanol–water partition coefficient (Wildman–Crippen LogP) is 4.55. The number of fused-ring (bicyclic) bond motifs is 1. The van der Waals surface area contributed by atoms with Gasteiger partial charge in [0, 0.05) is 37.7 Å². The van der Waals surface area contributed by atoms with Gasteiger partial charge in [-0.25, -0.2) is 4.99 Å². The molecule has 0 radical (unpaired) electrons. The molecular formula is C27H25N7O. The highest BCUT2D eigenvalue weighted by molar-refractivity contribution is 6.05. The van der Waals surface area contributed by atoms with E-state index in [0.29, 0.717) is 17.4 Å². The van der Waals surface area contributed by atoms with Crippen molar-refractivity contribution in [1.82, 2.24) is 14.7 Å². The van der Waals surface area contributed by atoms with Crippen LogP contribution in [0.15, 0.2) is 82.7 Å². The third-order valence-electron chi connectivity index (χ3n) is 6.01. The minimum atomic E-state index is -0.199. The molecule has 2 bridgehead atoms. The number of rotatable bonds is 3. The first-order valence-electron chi connectivity index (χ1n) is 11.2. The molecule has 0 fully saturated rings. The molecule has 1 unspecified atom stereocenters. The molecule has 3 heterocycles. The molecule has 3 aromatic rings. The lowest BCUT2D eigenvalue weighted by molar-refractivity contribution is 0.399. The fourth-order valence-corrected chi connectivity index (χ4v) is 4.18. The summed E-state index contributed by atoms with van der Waals surface area (Å²) in [5, 5.41) is 16.6. The van der Waals surface area contributed by atoms with Crippen molar-refractivity contribution < 1.29 is 4.74 Å². The van der Waals surface area contributed by atoms with E-state index in [1.165, 1.54) is 0 Å². The van der Waals surface area contributed by atoms with Gasteiger partial charge in [-0.15, -0.1) is 0 Å². The lowest BCUT2D eigenvalue weighted by Crippen LogP contribution is -2.38. The maximum Gasteiger partial charge on any atom is 0.230 e. The van der Waals surface area contributed by atoms with Crippen LogP contribution in [-0.4, -0.2) is 39.6 Å². The minimum absolute atomic E-state index is 0.199. The number of likely N-dealkylation sites (N-methyl/N-ethyl adjacent to an activating group) is 1. The number of nitriles is 1. The van der Waals surface area contributed by atoms with Crippen molar-refractivity contribution in [2.75, 3.05) is 12.4 Å². The SMILES string of the molecule is Cc1cc(-c2ccnn2C)cc(C)c1OC1=NC(Nc2ccc(C#N)cc2)=NC2=CC1N(C)C=C2. The zero-order valence-corrected chi connectivity index (χ0v) is 20.0. The number of aliphatic imine (C=N–C) groups is 2. The Morgan fingerprint density at radius 3 is 2.43 bits per heavy atom. The maximum absolute atomic E-state index is 9.06. The Morgan fingerprint density at radius 2 is 1.77 bits per heavy atom. The fraction of sp³-hybridized carbons (Fsp3) is 0.185. The summed E-state index contributed by atoms with van der Waals surface area (Å²) in [5.41, 5.74) is 6.31. The number of anilines is 1. The van der Waals surface area contributed by atoms with E-state index in [2.05, 4.69) is 33.6 Å². The van der Waals surface area contributed by atoms with Crippen LogP contribution < -0.4 is 10.1 Å². The van der Waals surface area contributed by atoms with E-state index < -0.39 is 0 Å². The van der Waals surface area contributed by atoms with Crippen LogP contribution in [0.25, 0.3) is 11.3 Å². The van der Waals surface area contributed by atoms with Gasteiger partial charge in [-0.1, -0.05) is 0 Å². The summed E-state index contributed by atoms with van der Waals surface area (Å²) in [4.78, 5) is 11.5. The van der Waals surface area contributed by atoms with Crippen molar-refractivity contribution in [3.8, 4) is 23.1 Å². The molecule has 35 heavy (non-hydrogen) atoms. The summed E-state index contributed by atoms with van der Waals surface area (Å²) in [6.07, 6.45) is 7.73. The van der Waals surface area contributed by atoms with Gasteiger partial charge >= 0.3 is 0 Å². The normalized spacial score (nSPS) is 16.6. The molecule has 174 valence electrons. The van der Waals surface area contributed by atoms with Crippen molar-refractivity contribution in [2.24, 2.45) is 17.0 Å². The number of benzene rings is 2. The van der Waals surface area contributed by atoms with Crippen LogP contribution in [0.1, 0.15) is 16.7 Å². The Kier molecular flexibility index (Phi) is 5.67. The Morgan fingerprint density at radius 1 is 1.03 bits per heavy atom. The number of nitrogens with zero attached hydrogens (tertiary/aromatic N) is 6. The first kappa shape index (κ1) is 22.2. The molecule has 0 amide bonds. The minimum Gasteiger partial charge on any atom is -0.440 e. The molecule has 8 heteroatoms. The van der Waals surface area contributed by atoms with Gasteiger partial charge in [0.1, 0.15) is 11.8 Å². The van der Waals surface area contributed by atoms with Gasteiger partial charge in [0.2, 0.25) is 11.9 Å². The summed E-state index contributed by atoms with van der Waals surface area (Å²) in [6, 6.07) is 15.3. The summed E-state index contributed by atoms with van der Waals surface area (Å²) < 4.78 is 8.36. The molecule has 0 spiro atoms. The zero-order chi connectivity index (χ0) is 24.5. The summed E-state index contributed by atoms with van der Waals surface area (Å²) in [5.74, 6) is 1.71. The standard InChI is InChI=1S/C27H25N7O/c1-17-13-20(23-9-11-29-34(23)4)14-18(2)25(17)35-26-24-15-22(10-12-33(24)3)31-27(32-26)30-21-7-5-19(16-28)6-8-21/h5-15,24H,1-4H3,(H,30,31). The highest BCUT2D eigenvalue weighted by atomic mass is 16.5. The molecule has 2 aliphatic heterocycles. The number of hydrogen-bond acceptors (Lipinski definition) is 7. The first-order valence-corrected chi connectivity index (χ1v) is 11.2. The molecule has 0 aliphatic carbocycles. The third kappa shape index (κ3) is 4.44. The predicted molar refractivity (Wildman–Crippen MR) is 137 cm³/mol. The lowest BCUT2D eigenvalue weighted by atomic mass is 10.0. The van der Waals surface area contributed by atoms with Gasteiger partial charge in [0.15, 0.2) is 0 Å². The number of aromatic nitrogens is 2. The van der Waals surface area contributed by atoms with Crippen molar-refractivity contribution in [1.29, 1.82) is 5.26 Å². The summed E-state index contributed by atoms with van der Waals surface area (Å²) in [6.45, 7) is 4.07. The van der Waals surface area contributed by atoms with E-state index in [9.17, 15) is 0 Å². The van der Waals surface area contributed by atoms with Crippen LogP contribution >= 0.6 is 0 Å². The molecule has 0 saturated carbocycles. The van der Waals surface area contributed by atoms with Crippen LogP contribution in [0.2, 0.25) is 0 Å². The van der Waals surface area contributed by atoms with Gasteiger partial charge in [0.25, 0.3) is 0 Å². The molecule has 1 N–H and O–H groups in total. The number of allylic oxidation sites excluding steroid dienone is 1. The van der Waals surface area contributed by atoms with E-state index in [-0.39, 0.29) is 6.04 Å².